The van der Waals surface area contributed by atoms with Gasteiger partial charge in [0.2, 0.25) is 5.75 Å². The van der Waals surface area contributed by atoms with Crippen LogP contribution in [-0.4, -0.2) is 45.2 Å². The van der Waals surface area contributed by atoms with Crippen LogP contribution >= 0.6 is 0 Å². The smallest absolute Gasteiger partial charge is 0.357 e. The van der Waals surface area contributed by atoms with Crippen molar-refractivity contribution in [2.45, 2.75) is 6.54 Å². The van der Waals surface area contributed by atoms with Gasteiger partial charge in [-0.2, -0.15) is 10.0 Å². The molecule has 0 aliphatic carbocycles. The van der Waals surface area contributed by atoms with Gasteiger partial charge in [0.25, 0.3) is 11.5 Å². The lowest BCUT2D eigenvalue weighted by molar-refractivity contribution is -0.793. The average Bonchev–Trinajstić information content (AvgIpc) is 2.26. The summed E-state index contributed by atoms with van der Waals surface area (Å²) in [6.45, 7) is -0.304. The van der Waals surface area contributed by atoms with Crippen LogP contribution in [0, 0.1) is 0 Å². The highest BCUT2D eigenvalue weighted by Gasteiger charge is 2.36. The minimum absolute atomic E-state index is 0.110. The van der Waals surface area contributed by atoms with Crippen molar-refractivity contribution in [3.63, 3.8) is 0 Å². The van der Waals surface area contributed by atoms with Crippen molar-refractivity contribution in [1.29, 1.82) is 0 Å². The van der Waals surface area contributed by atoms with E-state index in [-0.39, 0.29) is 23.0 Å². The highest BCUT2D eigenvalue weighted by atomic mass is 16.4. The van der Waals surface area contributed by atoms with Gasteiger partial charge in [-0.1, -0.05) is 0 Å². The number of likely N-dealkylation sites (N-methyl/N-ethyl adjacent to an activating group) is 1. The molecule has 0 radical (unpaired) electrons. The molecule has 96 valence electrons. The van der Waals surface area contributed by atoms with Gasteiger partial charge >= 0.3 is 5.91 Å². The standard InChI is InChI=1S/C9H10N4O5/c1-13(2)4(14)3-12-7(16)6(15)5(8(17)18)10-9(12)11-13/h3H2,1-2H3,(H2-,10,11,15,16,17,18). The van der Waals surface area contributed by atoms with Gasteiger partial charge in [-0.15, -0.1) is 0 Å². The molecule has 0 atom stereocenters. The van der Waals surface area contributed by atoms with Crippen LogP contribution in [-0.2, 0) is 11.3 Å². The Morgan fingerprint density at radius 3 is 2.67 bits per heavy atom. The zero-order valence-corrected chi connectivity index (χ0v) is 9.63. The Hall–Kier alpha value is -2.42. The molecule has 1 aromatic rings. The summed E-state index contributed by atoms with van der Waals surface area (Å²) >= 11 is 0. The summed E-state index contributed by atoms with van der Waals surface area (Å²) in [7, 11) is 3.03. The number of carboxylic acids is 1. The fourth-order valence-electron chi connectivity index (χ4n) is 1.54. The van der Waals surface area contributed by atoms with Gasteiger partial charge in [0.1, 0.15) is 12.2 Å². The summed E-state index contributed by atoms with van der Waals surface area (Å²) < 4.78 is 0.581. The molecule has 0 fully saturated rings. The lowest BCUT2D eigenvalue weighted by Crippen LogP contribution is -2.57. The number of quaternary nitrogens is 1. The summed E-state index contributed by atoms with van der Waals surface area (Å²) in [6, 6.07) is 0. The second-order valence-corrected chi connectivity index (χ2v) is 4.27. The molecule has 0 unspecified atom stereocenters. The number of fused-ring (bicyclic) bond motifs is 1. The van der Waals surface area contributed by atoms with Gasteiger partial charge < -0.3 is 15.0 Å². The van der Waals surface area contributed by atoms with E-state index in [9.17, 15) is 24.6 Å². The van der Waals surface area contributed by atoms with Crippen LogP contribution in [0.2, 0.25) is 0 Å². The number of nitrogens with zero attached hydrogens (tertiary/aromatic N) is 3. The summed E-state index contributed by atoms with van der Waals surface area (Å²) in [5.74, 6) is -3.26. The fraction of sp³-hybridized carbons (Fsp3) is 0.333. The van der Waals surface area contributed by atoms with Crippen LogP contribution in [0.25, 0.3) is 0 Å². The molecule has 0 saturated carbocycles. The van der Waals surface area contributed by atoms with E-state index in [1.54, 1.807) is 0 Å². The van der Waals surface area contributed by atoms with Gasteiger partial charge in [-0.3, -0.25) is 9.36 Å². The number of nitrogens with one attached hydrogen (secondary N) is 1. The number of aromatic nitrogens is 2. The molecule has 2 heterocycles. The van der Waals surface area contributed by atoms with Crippen LogP contribution in [0.5, 0.6) is 5.75 Å². The first kappa shape index (κ1) is 12.0. The van der Waals surface area contributed by atoms with Crippen LogP contribution in [0.3, 0.4) is 0 Å². The number of rotatable bonds is 1. The third-order valence-electron chi connectivity index (χ3n) is 2.64. The van der Waals surface area contributed by atoms with Crippen LogP contribution in [0.15, 0.2) is 4.79 Å². The van der Waals surface area contributed by atoms with Crippen molar-refractivity contribution in [3.05, 3.63) is 16.0 Å². The summed E-state index contributed by atoms with van der Waals surface area (Å²) in [5, 5.41) is 20.1. The number of amides is 1. The quantitative estimate of drug-likeness (QED) is 0.521. The van der Waals surface area contributed by atoms with Crippen molar-refractivity contribution in [2.24, 2.45) is 0 Å². The SMILES string of the molecule is C[N+]1(C)Nc2nc(C(=O)[O-])c(O)c(=O)n2CC1=O. The number of hydrogen-bond donors (Lipinski definition) is 2. The molecule has 0 bridgehead atoms. The molecule has 0 saturated heterocycles. The zero-order chi connectivity index (χ0) is 13.7. The van der Waals surface area contributed by atoms with E-state index < -0.39 is 23.0 Å². The van der Waals surface area contributed by atoms with Gasteiger partial charge in [0.15, 0.2) is 0 Å². The van der Waals surface area contributed by atoms with Crippen LogP contribution < -0.4 is 16.1 Å². The highest BCUT2D eigenvalue weighted by molar-refractivity contribution is 5.87. The van der Waals surface area contributed by atoms with Gasteiger partial charge in [0.05, 0.1) is 20.1 Å². The molecule has 9 heteroatoms. The van der Waals surface area contributed by atoms with Crippen molar-refractivity contribution in [2.75, 3.05) is 19.5 Å². The van der Waals surface area contributed by atoms with Crippen LogP contribution in [0.1, 0.15) is 10.5 Å². The fourth-order valence-corrected chi connectivity index (χ4v) is 1.54. The monoisotopic (exact) mass is 254 g/mol. The highest BCUT2D eigenvalue weighted by Crippen LogP contribution is 2.18. The van der Waals surface area contributed by atoms with Gasteiger partial charge in [-0.25, -0.2) is 9.78 Å². The van der Waals surface area contributed by atoms with E-state index >= 15 is 0 Å². The maximum atomic E-state index is 11.7. The molecule has 2 N–H and O–H groups in total. The second-order valence-electron chi connectivity index (χ2n) is 4.27. The normalized spacial score (nSPS) is 16.9. The van der Waals surface area contributed by atoms with Crippen molar-refractivity contribution in [3.8, 4) is 5.75 Å². The number of aromatic hydroxyl groups is 1. The Kier molecular flexibility index (Phi) is 2.37. The van der Waals surface area contributed by atoms with Crippen molar-refractivity contribution < 1.29 is 24.4 Å². The van der Waals surface area contributed by atoms with E-state index in [0.29, 0.717) is 0 Å². The second kappa shape index (κ2) is 3.53. The summed E-state index contributed by atoms with van der Waals surface area (Å²) in [4.78, 5) is 37.6. The number of hydrogen-bond acceptors (Lipinski definition) is 7. The molecule has 1 aliphatic rings. The molecule has 1 amide bonds. The lowest BCUT2D eigenvalue weighted by Gasteiger charge is -2.32. The van der Waals surface area contributed by atoms with E-state index in [2.05, 4.69) is 10.4 Å². The minimum Gasteiger partial charge on any atom is -0.543 e. The molecule has 9 nitrogen and oxygen atoms in total. The Balaban J connectivity index is 2.69. The van der Waals surface area contributed by atoms with Gasteiger partial charge in [-0.05, 0) is 0 Å². The summed E-state index contributed by atoms with van der Waals surface area (Å²) in [5.41, 5.74) is 0.733. The third-order valence-corrected chi connectivity index (χ3v) is 2.64. The molecular formula is C9H10N4O5. The predicted molar refractivity (Wildman–Crippen MR) is 55.2 cm³/mol. The lowest BCUT2D eigenvalue weighted by atomic mass is 10.3. The zero-order valence-electron chi connectivity index (χ0n) is 9.63. The van der Waals surface area contributed by atoms with Crippen LogP contribution in [0.4, 0.5) is 5.95 Å². The molecule has 18 heavy (non-hydrogen) atoms. The van der Waals surface area contributed by atoms with E-state index in [4.69, 9.17) is 0 Å². The van der Waals surface area contributed by atoms with E-state index in [0.717, 1.165) is 4.57 Å². The first-order valence-electron chi connectivity index (χ1n) is 4.95. The topological polar surface area (TPSA) is 124 Å². The molecule has 1 aromatic heterocycles. The molecule has 2 rings (SSSR count). The number of anilines is 1. The number of carbonyl (C=O) groups is 2. The maximum Gasteiger partial charge on any atom is 0.357 e. The summed E-state index contributed by atoms with van der Waals surface area (Å²) in [6.07, 6.45) is 0. The third kappa shape index (κ3) is 1.61. The van der Waals surface area contributed by atoms with E-state index in [1.807, 2.05) is 0 Å². The maximum absolute atomic E-state index is 11.7. The van der Waals surface area contributed by atoms with E-state index in [1.165, 1.54) is 14.1 Å². The minimum atomic E-state index is -1.77. The molecular weight excluding hydrogens is 244 g/mol. The number of carbonyl (C=O) groups excluding carboxylic acids is 2. The molecule has 0 aromatic carbocycles. The first-order valence-corrected chi connectivity index (χ1v) is 4.95. The largest absolute Gasteiger partial charge is 0.543 e. The Bertz CT molecular complexity index is 618. The first-order chi connectivity index (χ1) is 8.24. The molecule has 0 spiro atoms. The number of carboxylic acid groups (broad SMARTS) is 1. The Morgan fingerprint density at radius 1 is 1.50 bits per heavy atom. The Morgan fingerprint density at radius 2 is 2.11 bits per heavy atom. The molecule has 1 aliphatic heterocycles. The Labute approximate surface area is 100 Å². The van der Waals surface area contributed by atoms with Gasteiger partial charge in [0, 0.05) is 0 Å². The van der Waals surface area contributed by atoms with Crippen molar-refractivity contribution in [1.82, 2.24) is 9.55 Å². The van der Waals surface area contributed by atoms with Crippen molar-refractivity contribution >= 4 is 17.8 Å². The average molecular weight is 254 g/mol. The predicted octanol–water partition coefficient (Wildman–Crippen LogP) is -2.74. The number of aromatic carboxylic acids is 1.